The van der Waals surface area contributed by atoms with Gasteiger partial charge in [-0.15, -0.1) is 0 Å². The number of amides is 2. The van der Waals surface area contributed by atoms with Crippen molar-refractivity contribution in [2.24, 2.45) is 23.7 Å². The summed E-state index contributed by atoms with van der Waals surface area (Å²) in [5.74, 6) is -5.15. The maximum atomic E-state index is 13.9. The molecule has 0 aliphatic rings. The van der Waals surface area contributed by atoms with Crippen LogP contribution in [0.15, 0.2) is 170 Å². The summed E-state index contributed by atoms with van der Waals surface area (Å²) in [6.07, 6.45) is 3.00. The number of rotatable bonds is 26. The van der Waals surface area contributed by atoms with Crippen LogP contribution in [0.1, 0.15) is 78.4 Å². The third-order valence-electron chi connectivity index (χ3n) is 13.3. The molecular weight excluding hydrogens is 1010 g/mol. The average Bonchev–Trinajstić information content (AvgIpc) is 3.39. The first kappa shape index (κ1) is 67.1. The Kier molecular flexibility index (Phi) is 28.2. The van der Waals surface area contributed by atoms with Crippen molar-refractivity contribution in [2.75, 3.05) is 34.4 Å². The van der Waals surface area contributed by atoms with Crippen molar-refractivity contribution in [3.63, 3.8) is 0 Å². The zero-order valence-corrected chi connectivity index (χ0v) is 48.4. The Balaban J connectivity index is 0.000000400. The van der Waals surface area contributed by atoms with E-state index < -0.39 is 62.4 Å². The summed E-state index contributed by atoms with van der Waals surface area (Å²) < 4.78 is 26.4. The van der Waals surface area contributed by atoms with Gasteiger partial charge < -0.3 is 39.4 Å². The van der Waals surface area contributed by atoms with Crippen LogP contribution >= 0.6 is 14.7 Å². The first-order chi connectivity index (χ1) is 36.1. The molecule has 404 valence electrons. The number of benzene rings is 6. The molecule has 0 saturated heterocycles. The molecule has 0 radical (unpaired) electrons. The smallest absolute Gasteiger partial charge is 0.548 e. The summed E-state index contributed by atoms with van der Waals surface area (Å²) in [4.78, 5) is 75.6. The zero-order chi connectivity index (χ0) is 55.4. The largest absolute Gasteiger partial charge is 1.00 e. The van der Waals surface area contributed by atoms with Gasteiger partial charge in [-0.1, -0.05) is 173 Å². The Morgan fingerprint density at radius 2 is 0.705 bits per heavy atom. The van der Waals surface area contributed by atoms with Gasteiger partial charge >= 0.3 is 37.7 Å². The van der Waals surface area contributed by atoms with E-state index in [-0.39, 0.29) is 74.2 Å². The van der Waals surface area contributed by atoms with Gasteiger partial charge in [0, 0.05) is 47.9 Å². The van der Waals surface area contributed by atoms with Crippen LogP contribution < -0.4 is 57.7 Å². The predicted octanol–water partition coefficient (Wildman–Crippen LogP) is 4.79. The number of hydrogen-bond acceptors (Lipinski definition) is 8. The minimum Gasteiger partial charge on any atom is -0.548 e. The third-order valence-corrected chi connectivity index (χ3v) is 17.3. The molecule has 12 nitrogen and oxygen atoms in total. The summed E-state index contributed by atoms with van der Waals surface area (Å²) in [5, 5.41) is 23.8. The average molecular weight is 1080 g/mol. The number of carbonyl (C=O) groups is 4. The molecule has 6 aromatic rings. The van der Waals surface area contributed by atoms with E-state index in [4.69, 9.17) is 0 Å². The van der Waals surface area contributed by atoms with Crippen molar-refractivity contribution < 1.29 is 86.0 Å². The van der Waals surface area contributed by atoms with Gasteiger partial charge in [-0.25, -0.2) is 0 Å². The number of hydrogen-bond donors (Lipinski definition) is 2. The van der Waals surface area contributed by atoms with Crippen molar-refractivity contribution >= 4 is 49.9 Å². The van der Waals surface area contributed by atoms with E-state index in [9.17, 15) is 48.3 Å². The molecule has 0 saturated carbocycles. The van der Waals surface area contributed by atoms with Gasteiger partial charge in [-0.2, -0.15) is 0 Å². The fourth-order valence-electron chi connectivity index (χ4n) is 9.44. The van der Waals surface area contributed by atoms with Gasteiger partial charge in [0.25, 0.3) is 0 Å². The van der Waals surface area contributed by atoms with Crippen LogP contribution in [0, 0.1) is 23.7 Å². The molecule has 6 rings (SSSR count). The Bertz CT molecular complexity index is 2670. The molecule has 4 unspecified atom stereocenters. The van der Waals surface area contributed by atoms with Crippen molar-refractivity contribution in [3.8, 4) is 22.3 Å². The van der Waals surface area contributed by atoms with Crippen LogP contribution in [-0.2, 0) is 41.1 Å². The fraction of sp³-hybridized carbons (Fsp3) is 0.355. The normalized spacial score (nSPS) is 14.1. The number of carboxylic acid groups (broad SMARTS) is 2. The number of carboxylic acids is 2. The van der Waals surface area contributed by atoms with Crippen LogP contribution in [0.5, 0.6) is 0 Å². The molecule has 2 amide bonds. The number of carbonyl (C=O) groups excluding carboxylic acids is 4. The van der Waals surface area contributed by atoms with Gasteiger partial charge in [0.2, 0.25) is 26.6 Å². The van der Waals surface area contributed by atoms with E-state index in [1.54, 1.807) is 24.3 Å². The van der Waals surface area contributed by atoms with E-state index in [1.165, 1.54) is 23.6 Å². The molecule has 2 N–H and O–H groups in total. The Hall–Kier alpha value is -5.23. The van der Waals surface area contributed by atoms with E-state index in [0.717, 1.165) is 33.4 Å². The SMILES string of the molecule is CC(C)CC(CP(=O)(O)CCCc1ccccc1)C(=O)N(c1ccc(-c2ccccc2)cc1)[C@@H](C)C(=O)[O-].CC(C)CC(CP(=O)(O)CCCc1ccccc1)C(=O)N(c1ccc(-c2ccccc2)cc1)[C@@H](C)C(=O)[O-].[Li+].[Li+]. The molecule has 0 spiro atoms. The van der Waals surface area contributed by atoms with E-state index >= 15 is 0 Å². The van der Waals surface area contributed by atoms with Crippen molar-refractivity contribution in [2.45, 2.75) is 92.2 Å². The topological polar surface area (TPSA) is 195 Å². The van der Waals surface area contributed by atoms with Gasteiger partial charge in [0.05, 0.1) is 24.0 Å². The van der Waals surface area contributed by atoms with Gasteiger partial charge in [0.15, 0.2) is 0 Å². The monoisotopic (exact) mass is 1080 g/mol. The van der Waals surface area contributed by atoms with Crippen molar-refractivity contribution in [3.05, 3.63) is 181 Å². The minimum absolute atomic E-state index is 0. The first-order valence-electron chi connectivity index (χ1n) is 26.2. The van der Waals surface area contributed by atoms with Crippen LogP contribution in [0.3, 0.4) is 0 Å². The predicted molar refractivity (Wildman–Crippen MR) is 302 cm³/mol. The molecule has 0 aliphatic heterocycles. The summed E-state index contributed by atoms with van der Waals surface area (Å²) in [6.45, 7) is 10.6. The molecule has 0 heterocycles. The second-order valence-corrected chi connectivity index (χ2v) is 25.6. The second-order valence-electron chi connectivity index (χ2n) is 20.6. The van der Waals surface area contributed by atoms with E-state index in [1.807, 2.05) is 173 Å². The summed E-state index contributed by atoms with van der Waals surface area (Å²) >= 11 is 0. The Morgan fingerprint density at radius 3 is 0.974 bits per heavy atom. The maximum Gasteiger partial charge on any atom is 1.00 e. The molecule has 0 fully saturated rings. The maximum absolute atomic E-state index is 13.9. The quantitative estimate of drug-likeness (QED) is 0.0564. The van der Waals surface area contributed by atoms with Crippen molar-refractivity contribution in [1.82, 2.24) is 0 Å². The van der Waals surface area contributed by atoms with E-state index in [2.05, 4.69) is 0 Å². The second kappa shape index (κ2) is 32.8. The van der Waals surface area contributed by atoms with Crippen LogP contribution in [0.2, 0.25) is 0 Å². The fourth-order valence-corrected chi connectivity index (χ4v) is 13.1. The Morgan fingerprint density at radius 1 is 0.436 bits per heavy atom. The number of nitrogens with zero attached hydrogens (tertiary/aromatic N) is 2. The molecule has 6 aromatic carbocycles. The summed E-state index contributed by atoms with van der Waals surface area (Å²) in [6, 6.07) is 50.7. The first-order valence-corrected chi connectivity index (χ1v) is 30.3. The summed E-state index contributed by atoms with van der Waals surface area (Å²) in [7, 11) is -7.28. The molecule has 6 atom stereocenters. The molecular formula is C62H74Li2N2O10P2. The molecule has 0 bridgehead atoms. The molecule has 0 aliphatic carbocycles. The summed E-state index contributed by atoms with van der Waals surface area (Å²) in [5.41, 5.74) is 6.87. The zero-order valence-electron chi connectivity index (χ0n) is 46.7. The van der Waals surface area contributed by atoms with Gasteiger partial charge in [-0.05, 0) is 122 Å². The van der Waals surface area contributed by atoms with Crippen LogP contribution in [-0.4, -0.2) is 70.3 Å². The van der Waals surface area contributed by atoms with Gasteiger partial charge in [0.1, 0.15) is 0 Å². The molecule has 0 aromatic heterocycles. The molecule has 16 heteroatoms. The van der Waals surface area contributed by atoms with Crippen LogP contribution in [0.4, 0.5) is 11.4 Å². The van der Waals surface area contributed by atoms with Crippen LogP contribution in [0.25, 0.3) is 22.3 Å². The van der Waals surface area contributed by atoms with Gasteiger partial charge in [-0.3, -0.25) is 18.7 Å². The minimum atomic E-state index is -3.64. The van der Waals surface area contributed by atoms with Crippen molar-refractivity contribution in [1.29, 1.82) is 0 Å². The molecule has 78 heavy (non-hydrogen) atoms. The number of aliphatic carboxylic acids is 2. The van der Waals surface area contributed by atoms with E-state index in [0.29, 0.717) is 49.9 Å². The standard InChI is InChI=1S/2C31H38NO5P.2Li/c2*1-23(2)21-28(22-38(36,37)20-10-13-25-11-6-4-7-12-25)30(33)32(24(3)31(34)35)29-18-16-27(17-19-29)26-14-8-5-9-15-26;;/h2*4-9,11-12,14-19,23-24,28H,10,13,20-22H2,1-3H3,(H,34,35)(H,36,37);;/q;;2*+1/p-2/t2*24-,28?;;/m00../s1. The number of anilines is 2. The third kappa shape index (κ3) is 21.4. The number of aryl methyl sites for hydroxylation is 2. The Labute approximate surface area is 486 Å².